The van der Waals surface area contributed by atoms with Crippen LogP contribution in [-0.4, -0.2) is 16.1 Å². The van der Waals surface area contributed by atoms with Gasteiger partial charge in [-0.1, -0.05) is 12.1 Å². The molecule has 24 heavy (non-hydrogen) atoms. The second-order valence-electron chi connectivity index (χ2n) is 4.88. The number of carboxylic acid groups (broad SMARTS) is 1. The number of nitrogens with zero attached hydrogens (tertiary/aromatic N) is 1. The first kappa shape index (κ1) is 17.8. The van der Waals surface area contributed by atoms with Crippen LogP contribution >= 0.6 is 0 Å². The Labute approximate surface area is 131 Å². The summed E-state index contributed by atoms with van der Waals surface area (Å²) in [7, 11) is 0. The van der Waals surface area contributed by atoms with Crippen LogP contribution in [0.5, 0.6) is 0 Å². The summed E-state index contributed by atoms with van der Waals surface area (Å²) < 4.78 is 76.4. The number of hydrogen-bond acceptors (Lipinski definition) is 2. The van der Waals surface area contributed by atoms with E-state index in [1.165, 1.54) is 6.07 Å². The molecule has 128 valence electrons. The number of benzene rings is 1. The van der Waals surface area contributed by atoms with E-state index < -0.39 is 35.9 Å². The van der Waals surface area contributed by atoms with Crippen LogP contribution in [0.4, 0.5) is 26.3 Å². The first-order valence-corrected chi connectivity index (χ1v) is 6.44. The van der Waals surface area contributed by atoms with Gasteiger partial charge in [0.15, 0.2) is 0 Å². The Kier molecular flexibility index (Phi) is 4.54. The maximum atomic E-state index is 12.8. The number of pyridine rings is 1. The maximum Gasteiger partial charge on any atom is 0.417 e. The van der Waals surface area contributed by atoms with Crippen LogP contribution in [0.1, 0.15) is 16.7 Å². The molecule has 1 aromatic heterocycles. The summed E-state index contributed by atoms with van der Waals surface area (Å²) in [5.41, 5.74) is -2.86. The molecule has 0 saturated carbocycles. The number of carbonyl (C=O) groups is 1. The molecule has 0 amide bonds. The van der Waals surface area contributed by atoms with Gasteiger partial charge >= 0.3 is 18.3 Å². The molecule has 0 aliphatic rings. The molecule has 1 N–H and O–H groups in total. The van der Waals surface area contributed by atoms with E-state index in [1.807, 2.05) is 0 Å². The molecule has 0 fully saturated rings. The van der Waals surface area contributed by atoms with Crippen LogP contribution in [0.15, 0.2) is 36.5 Å². The van der Waals surface area contributed by atoms with Crippen LogP contribution in [0.2, 0.25) is 0 Å². The predicted molar refractivity (Wildman–Crippen MR) is 71.0 cm³/mol. The lowest BCUT2D eigenvalue weighted by Gasteiger charge is -2.13. The van der Waals surface area contributed by atoms with Gasteiger partial charge in [0, 0.05) is 11.8 Å². The SMILES string of the molecule is O=C(O)Cc1cc(C(F)(F)F)cnc1-c1cccc(C(F)(F)F)c1. The van der Waals surface area contributed by atoms with Crippen molar-refractivity contribution in [3.05, 3.63) is 53.2 Å². The minimum absolute atomic E-state index is 0.116. The number of hydrogen-bond donors (Lipinski definition) is 1. The van der Waals surface area contributed by atoms with Crippen LogP contribution in [0.25, 0.3) is 11.3 Å². The Balaban J connectivity index is 2.59. The summed E-state index contributed by atoms with van der Waals surface area (Å²) in [4.78, 5) is 14.4. The van der Waals surface area contributed by atoms with Gasteiger partial charge in [-0.3, -0.25) is 9.78 Å². The summed E-state index contributed by atoms with van der Waals surface area (Å²) >= 11 is 0. The number of alkyl halides is 6. The zero-order valence-corrected chi connectivity index (χ0v) is 11.7. The first-order valence-electron chi connectivity index (χ1n) is 6.44. The minimum atomic E-state index is -4.74. The lowest BCUT2D eigenvalue weighted by molar-refractivity contribution is -0.139. The molecule has 0 spiro atoms. The highest BCUT2D eigenvalue weighted by Crippen LogP contribution is 2.35. The van der Waals surface area contributed by atoms with Crippen LogP contribution in [0, 0.1) is 0 Å². The number of aliphatic carboxylic acids is 1. The van der Waals surface area contributed by atoms with Crippen molar-refractivity contribution in [1.29, 1.82) is 0 Å². The fraction of sp³-hybridized carbons (Fsp3) is 0.200. The highest BCUT2D eigenvalue weighted by molar-refractivity contribution is 5.75. The predicted octanol–water partition coefficient (Wildman–Crippen LogP) is 4.41. The Bertz CT molecular complexity index is 767. The summed E-state index contributed by atoms with van der Waals surface area (Å²) in [6, 6.07) is 4.38. The lowest BCUT2D eigenvalue weighted by Crippen LogP contribution is -2.10. The quantitative estimate of drug-likeness (QED) is 0.835. The van der Waals surface area contributed by atoms with E-state index in [2.05, 4.69) is 4.98 Å². The molecular weight excluding hydrogens is 340 g/mol. The minimum Gasteiger partial charge on any atom is -0.481 e. The van der Waals surface area contributed by atoms with Gasteiger partial charge in [-0.15, -0.1) is 0 Å². The Morgan fingerprint density at radius 2 is 1.62 bits per heavy atom. The number of carboxylic acids is 1. The van der Waals surface area contributed by atoms with E-state index in [0.29, 0.717) is 18.3 Å². The molecular formula is C15H9F6NO2. The highest BCUT2D eigenvalue weighted by atomic mass is 19.4. The number of halogens is 6. The van der Waals surface area contributed by atoms with Crippen molar-refractivity contribution in [3.8, 4) is 11.3 Å². The summed E-state index contributed by atoms with van der Waals surface area (Å²) in [6.07, 6.45) is -9.73. The van der Waals surface area contributed by atoms with Gasteiger partial charge in [0.05, 0.1) is 23.2 Å². The van der Waals surface area contributed by atoms with Crippen molar-refractivity contribution < 1.29 is 36.2 Å². The van der Waals surface area contributed by atoms with Crippen LogP contribution < -0.4 is 0 Å². The van der Waals surface area contributed by atoms with E-state index in [4.69, 9.17) is 5.11 Å². The van der Waals surface area contributed by atoms with Crippen LogP contribution in [-0.2, 0) is 23.6 Å². The molecule has 3 nitrogen and oxygen atoms in total. The van der Waals surface area contributed by atoms with E-state index in [0.717, 1.165) is 12.1 Å². The molecule has 0 saturated heterocycles. The monoisotopic (exact) mass is 349 g/mol. The molecule has 1 aromatic carbocycles. The summed E-state index contributed by atoms with van der Waals surface area (Å²) in [5, 5.41) is 8.83. The van der Waals surface area contributed by atoms with Gasteiger partial charge in [-0.05, 0) is 23.8 Å². The average Bonchev–Trinajstić information content (AvgIpc) is 2.45. The Hall–Kier alpha value is -2.58. The van der Waals surface area contributed by atoms with E-state index in [1.54, 1.807) is 0 Å². The molecule has 2 rings (SSSR count). The van der Waals surface area contributed by atoms with Crippen molar-refractivity contribution in [2.75, 3.05) is 0 Å². The van der Waals surface area contributed by atoms with Gasteiger partial charge in [-0.25, -0.2) is 0 Å². The van der Waals surface area contributed by atoms with Crippen molar-refractivity contribution in [2.45, 2.75) is 18.8 Å². The third kappa shape index (κ3) is 4.03. The van der Waals surface area contributed by atoms with Crippen molar-refractivity contribution in [2.24, 2.45) is 0 Å². The standard InChI is InChI=1S/C15H9F6NO2/c16-14(17,18)10-3-1-2-8(4-10)13-9(6-12(23)24)5-11(7-22-13)15(19,20)21/h1-5,7H,6H2,(H,23,24). The second-order valence-corrected chi connectivity index (χ2v) is 4.88. The lowest BCUT2D eigenvalue weighted by atomic mass is 10.00. The number of aromatic nitrogens is 1. The summed E-state index contributed by atoms with van der Waals surface area (Å²) in [5.74, 6) is -1.43. The average molecular weight is 349 g/mol. The van der Waals surface area contributed by atoms with E-state index >= 15 is 0 Å². The van der Waals surface area contributed by atoms with Gasteiger partial charge < -0.3 is 5.11 Å². The normalized spacial score (nSPS) is 12.2. The zero-order chi connectivity index (χ0) is 18.1. The van der Waals surface area contributed by atoms with Crippen molar-refractivity contribution in [1.82, 2.24) is 4.98 Å². The zero-order valence-electron chi connectivity index (χ0n) is 11.7. The Morgan fingerprint density at radius 1 is 1.00 bits per heavy atom. The van der Waals surface area contributed by atoms with E-state index in [9.17, 15) is 31.1 Å². The topological polar surface area (TPSA) is 50.2 Å². The molecule has 2 aromatic rings. The molecule has 0 aliphatic heterocycles. The molecule has 0 unspecified atom stereocenters. The first-order chi connectivity index (χ1) is 11.0. The van der Waals surface area contributed by atoms with Gasteiger partial charge in [0.2, 0.25) is 0 Å². The summed E-state index contributed by atoms with van der Waals surface area (Å²) in [6.45, 7) is 0. The maximum absolute atomic E-state index is 12.8. The molecule has 9 heteroatoms. The third-order valence-corrected chi connectivity index (χ3v) is 3.10. The van der Waals surface area contributed by atoms with Gasteiger partial charge in [0.1, 0.15) is 0 Å². The Morgan fingerprint density at radius 3 is 2.17 bits per heavy atom. The van der Waals surface area contributed by atoms with Gasteiger partial charge in [-0.2, -0.15) is 26.3 Å². The van der Waals surface area contributed by atoms with Crippen molar-refractivity contribution in [3.63, 3.8) is 0 Å². The molecule has 0 radical (unpaired) electrons. The highest BCUT2D eigenvalue weighted by Gasteiger charge is 2.33. The van der Waals surface area contributed by atoms with Crippen molar-refractivity contribution >= 4 is 5.97 Å². The van der Waals surface area contributed by atoms with Crippen LogP contribution in [0.3, 0.4) is 0 Å². The fourth-order valence-corrected chi connectivity index (χ4v) is 2.07. The van der Waals surface area contributed by atoms with E-state index in [-0.39, 0.29) is 16.8 Å². The fourth-order valence-electron chi connectivity index (χ4n) is 2.07. The second kappa shape index (κ2) is 6.14. The number of rotatable bonds is 3. The molecule has 0 bridgehead atoms. The molecule has 0 aliphatic carbocycles. The molecule has 0 atom stereocenters. The largest absolute Gasteiger partial charge is 0.481 e. The van der Waals surface area contributed by atoms with Gasteiger partial charge in [0.25, 0.3) is 0 Å². The smallest absolute Gasteiger partial charge is 0.417 e. The third-order valence-electron chi connectivity index (χ3n) is 3.10. The molecule has 1 heterocycles.